The van der Waals surface area contributed by atoms with Crippen molar-refractivity contribution in [2.24, 2.45) is 0 Å². The van der Waals surface area contributed by atoms with Crippen LogP contribution in [0.15, 0.2) is 31.1 Å². The molecule has 8 heteroatoms. The van der Waals surface area contributed by atoms with Gasteiger partial charge in [0.2, 0.25) is 5.91 Å². The number of carboxylic acids is 1. The predicted octanol–water partition coefficient (Wildman–Crippen LogP) is 1.56. The summed E-state index contributed by atoms with van der Waals surface area (Å²) >= 11 is 0. The third-order valence-electron chi connectivity index (χ3n) is 3.12. The first-order chi connectivity index (χ1) is 11.4. The number of nitriles is 1. The van der Waals surface area contributed by atoms with Gasteiger partial charge < -0.3 is 15.2 Å². The van der Waals surface area contributed by atoms with E-state index in [0.29, 0.717) is 12.0 Å². The highest BCUT2D eigenvalue weighted by Gasteiger charge is 2.40. The standard InChI is InChI=1S/C16H18FN3O4/c1-2-3-4-14(21)20-16(5-6-18,15(22)23)11-24-10-12-7-13(17)9-19-8-12/h2,7-9H,1,3-5,10-11H2,(H,20,21)(H,22,23)/t16-/m0/s1. The Morgan fingerprint density at radius 1 is 1.54 bits per heavy atom. The van der Waals surface area contributed by atoms with E-state index in [4.69, 9.17) is 10.00 Å². The number of amides is 1. The van der Waals surface area contributed by atoms with Crippen LogP contribution in [0.4, 0.5) is 4.39 Å². The van der Waals surface area contributed by atoms with Crippen LogP contribution in [0.1, 0.15) is 24.8 Å². The van der Waals surface area contributed by atoms with Crippen molar-refractivity contribution in [1.82, 2.24) is 10.3 Å². The summed E-state index contributed by atoms with van der Waals surface area (Å²) in [5, 5.41) is 20.7. The van der Waals surface area contributed by atoms with Crippen LogP contribution in [0.25, 0.3) is 0 Å². The van der Waals surface area contributed by atoms with E-state index in [1.807, 2.05) is 0 Å². The molecule has 1 amide bonds. The van der Waals surface area contributed by atoms with Gasteiger partial charge in [0.05, 0.1) is 31.9 Å². The second-order valence-corrected chi connectivity index (χ2v) is 5.10. The number of aliphatic carboxylic acids is 1. The lowest BCUT2D eigenvalue weighted by molar-refractivity contribution is -0.150. The Hall–Kier alpha value is -2.79. The molecule has 0 unspecified atom stereocenters. The fraction of sp³-hybridized carbons (Fsp3) is 0.375. The van der Waals surface area contributed by atoms with Gasteiger partial charge >= 0.3 is 5.97 Å². The minimum absolute atomic E-state index is 0.0533. The van der Waals surface area contributed by atoms with Crippen molar-refractivity contribution in [3.8, 4) is 6.07 Å². The van der Waals surface area contributed by atoms with Crippen molar-refractivity contribution in [1.29, 1.82) is 5.26 Å². The highest BCUT2D eigenvalue weighted by molar-refractivity contribution is 5.87. The highest BCUT2D eigenvalue weighted by Crippen LogP contribution is 2.14. The molecule has 0 aromatic carbocycles. The zero-order chi connectivity index (χ0) is 18.0. The molecule has 128 valence electrons. The molecule has 0 spiro atoms. The Labute approximate surface area is 138 Å². The van der Waals surface area contributed by atoms with Crippen LogP contribution >= 0.6 is 0 Å². The van der Waals surface area contributed by atoms with Crippen LogP contribution in [0, 0.1) is 17.1 Å². The largest absolute Gasteiger partial charge is 0.479 e. The molecule has 0 radical (unpaired) electrons. The van der Waals surface area contributed by atoms with Crippen molar-refractivity contribution in [3.63, 3.8) is 0 Å². The first kappa shape index (κ1) is 19.3. The van der Waals surface area contributed by atoms with E-state index in [0.717, 1.165) is 6.20 Å². The lowest BCUT2D eigenvalue weighted by Crippen LogP contribution is -2.57. The van der Waals surface area contributed by atoms with Crippen LogP contribution < -0.4 is 5.32 Å². The van der Waals surface area contributed by atoms with Gasteiger partial charge in [-0.25, -0.2) is 9.18 Å². The second kappa shape index (κ2) is 9.37. The molecule has 1 heterocycles. The van der Waals surface area contributed by atoms with Crippen LogP contribution in [0.2, 0.25) is 0 Å². The number of pyridine rings is 1. The fourth-order valence-electron chi connectivity index (χ4n) is 1.90. The number of aromatic nitrogens is 1. The first-order valence-electron chi connectivity index (χ1n) is 7.13. The van der Waals surface area contributed by atoms with E-state index >= 15 is 0 Å². The number of hydrogen-bond donors (Lipinski definition) is 2. The Kier molecular flexibility index (Phi) is 7.52. The van der Waals surface area contributed by atoms with Gasteiger partial charge in [0.25, 0.3) is 0 Å². The quantitative estimate of drug-likeness (QED) is 0.627. The van der Waals surface area contributed by atoms with Crippen molar-refractivity contribution in [3.05, 3.63) is 42.5 Å². The van der Waals surface area contributed by atoms with Gasteiger partial charge in [0.1, 0.15) is 5.82 Å². The maximum Gasteiger partial charge on any atom is 0.332 e. The van der Waals surface area contributed by atoms with Gasteiger partial charge in [-0.2, -0.15) is 5.26 Å². The smallest absolute Gasteiger partial charge is 0.332 e. The number of rotatable bonds is 10. The molecule has 1 aromatic heterocycles. The maximum absolute atomic E-state index is 13.0. The zero-order valence-electron chi connectivity index (χ0n) is 13.0. The molecule has 0 saturated heterocycles. The van der Waals surface area contributed by atoms with E-state index in [2.05, 4.69) is 16.9 Å². The Bertz CT molecular complexity index is 644. The summed E-state index contributed by atoms with van der Waals surface area (Å²) < 4.78 is 18.3. The molecule has 2 N–H and O–H groups in total. The molecule has 24 heavy (non-hydrogen) atoms. The van der Waals surface area contributed by atoms with Crippen molar-refractivity contribution < 1.29 is 23.8 Å². The van der Waals surface area contributed by atoms with Gasteiger partial charge in [-0.15, -0.1) is 6.58 Å². The molecule has 1 rings (SSSR count). The second-order valence-electron chi connectivity index (χ2n) is 5.10. The average molecular weight is 335 g/mol. The summed E-state index contributed by atoms with van der Waals surface area (Å²) in [4.78, 5) is 27.1. The average Bonchev–Trinajstić information content (AvgIpc) is 2.53. The Balaban J connectivity index is 2.77. The van der Waals surface area contributed by atoms with Crippen LogP contribution in [0.5, 0.6) is 0 Å². The number of halogens is 1. The third kappa shape index (κ3) is 5.78. The number of allylic oxidation sites excluding steroid dienone is 1. The number of hydrogen-bond acceptors (Lipinski definition) is 5. The molecule has 0 saturated carbocycles. The minimum atomic E-state index is -1.87. The molecular formula is C16H18FN3O4. The summed E-state index contributed by atoms with van der Waals surface area (Å²) in [6.07, 6.45) is 3.89. The lowest BCUT2D eigenvalue weighted by atomic mass is 9.96. The van der Waals surface area contributed by atoms with Gasteiger partial charge in [-0.05, 0) is 18.1 Å². The van der Waals surface area contributed by atoms with Gasteiger partial charge in [0.15, 0.2) is 5.54 Å². The topological polar surface area (TPSA) is 112 Å². The summed E-state index contributed by atoms with van der Waals surface area (Å²) in [6.45, 7) is 2.94. The normalized spacial score (nSPS) is 12.7. The van der Waals surface area contributed by atoms with Crippen LogP contribution in [-0.2, 0) is 20.9 Å². The number of nitrogens with one attached hydrogen (secondary N) is 1. The molecule has 1 aromatic rings. The molecule has 1 atom stereocenters. The molecule has 0 aliphatic rings. The maximum atomic E-state index is 13.0. The van der Waals surface area contributed by atoms with Gasteiger partial charge in [-0.3, -0.25) is 9.78 Å². The zero-order valence-corrected chi connectivity index (χ0v) is 13.0. The summed E-state index contributed by atoms with van der Waals surface area (Å²) in [5.41, 5.74) is -1.46. The molecule has 7 nitrogen and oxygen atoms in total. The lowest BCUT2D eigenvalue weighted by Gasteiger charge is -2.28. The van der Waals surface area contributed by atoms with E-state index < -0.39 is 36.3 Å². The minimum Gasteiger partial charge on any atom is -0.479 e. The molecular weight excluding hydrogens is 317 g/mol. The first-order valence-corrected chi connectivity index (χ1v) is 7.13. The summed E-state index contributed by atoms with van der Waals surface area (Å²) in [6, 6.07) is 2.94. The van der Waals surface area contributed by atoms with Gasteiger partial charge in [0, 0.05) is 12.6 Å². The molecule has 0 aliphatic heterocycles. The van der Waals surface area contributed by atoms with Gasteiger partial charge in [-0.1, -0.05) is 6.08 Å². The third-order valence-corrected chi connectivity index (χ3v) is 3.12. The predicted molar refractivity (Wildman–Crippen MR) is 82.0 cm³/mol. The van der Waals surface area contributed by atoms with Crippen molar-refractivity contribution in [2.75, 3.05) is 6.61 Å². The van der Waals surface area contributed by atoms with Crippen molar-refractivity contribution >= 4 is 11.9 Å². The van der Waals surface area contributed by atoms with E-state index in [1.54, 1.807) is 6.07 Å². The molecule has 0 bridgehead atoms. The molecule has 0 aliphatic carbocycles. The number of carbonyl (C=O) groups excluding carboxylic acids is 1. The highest BCUT2D eigenvalue weighted by atomic mass is 19.1. The van der Waals surface area contributed by atoms with Crippen molar-refractivity contribution in [2.45, 2.75) is 31.4 Å². The molecule has 0 fully saturated rings. The van der Waals surface area contributed by atoms with Crippen LogP contribution in [-0.4, -0.2) is 34.1 Å². The number of ether oxygens (including phenoxy) is 1. The number of nitrogens with zero attached hydrogens (tertiary/aromatic N) is 2. The number of carbonyl (C=O) groups is 2. The van der Waals surface area contributed by atoms with E-state index in [9.17, 15) is 19.1 Å². The Morgan fingerprint density at radius 2 is 2.29 bits per heavy atom. The van der Waals surface area contributed by atoms with E-state index in [-0.39, 0.29) is 13.0 Å². The Morgan fingerprint density at radius 3 is 2.88 bits per heavy atom. The summed E-state index contributed by atoms with van der Waals surface area (Å²) in [7, 11) is 0. The van der Waals surface area contributed by atoms with E-state index in [1.165, 1.54) is 18.3 Å². The SMILES string of the molecule is C=CCCC(=O)N[C@@](CC#N)(COCc1cncc(F)c1)C(=O)O. The number of carboxylic acid groups (broad SMARTS) is 1. The summed E-state index contributed by atoms with van der Waals surface area (Å²) in [5.74, 6) is -2.45. The monoisotopic (exact) mass is 335 g/mol. The fourth-order valence-corrected chi connectivity index (χ4v) is 1.90. The van der Waals surface area contributed by atoms with Crippen LogP contribution in [0.3, 0.4) is 0 Å².